The summed E-state index contributed by atoms with van der Waals surface area (Å²) in [5.74, 6) is -1.10. The highest BCUT2D eigenvalue weighted by atomic mass is 35.5. The zero-order chi connectivity index (χ0) is 30.1. The Morgan fingerprint density at radius 1 is 1.00 bits per heavy atom. The van der Waals surface area contributed by atoms with E-state index in [0.717, 1.165) is 19.3 Å². The summed E-state index contributed by atoms with van der Waals surface area (Å²) in [6, 6.07) is 22.9. The number of rotatable bonds is 8. The monoisotopic (exact) mass is 634 g/mol. The van der Waals surface area contributed by atoms with E-state index in [1.54, 1.807) is 47.1 Å². The fourth-order valence-corrected chi connectivity index (χ4v) is 6.06. The summed E-state index contributed by atoms with van der Waals surface area (Å²) in [6.45, 7) is 0.233. The number of amides is 1. The summed E-state index contributed by atoms with van der Waals surface area (Å²) in [6.07, 6.45) is 1.58. The van der Waals surface area contributed by atoms with Crippen molar-refractivity contribution in [1.29, 1.82) is 0 Å². The molecule has 0 spiro atoms. The summed E-state index contributed by atoms with van der Waals surface area (Å²) in [5.41, 5.74) is 5.11. The van der Waals surface area contributed by atoms with Gasteiger partial charge in [0.05, 0.1) is 18.1 Å². The maximum Gasteiger partial charge on any atom is 0.349 e. The quantitative estimate of drug-likeness (QED) is 0.183. The lowest BCUT2D eigenvalue weighted by Gasteiger charge is -2.26. The number of ether oxygens (including phenoxy) is 1. The molecule has 2 N–H and O–H groups in total. The second-order valence-corrected chi connectivity index (χ2v) is 11.6. The molecule has 5 aromatic rings. The molecule has 1 aromatic heterocycles. The van der Waals surface area contributed by atoms with Gasteiger partial charge in [-0.05, 0) is 84.5 Å². The first-order valence-electron chi connectivity index (χ1n) is 13.6. The molecule has 0 aliphatic heterocycles. The van der Waals surface area contributed by atoms with Crippen molar-refractivity contribution in [2.75, 3.05) is 0 Å². The predicted molar refractivity (Wildman–Crippen MR) is 165 cm³/mol. The Morgan fingerprint density at radius 2 is 1.84 bits per heavy atom. The number of carboxylic acids is 1. The first-order valence-corrected chi connectivity index (χ1v) is 14.7. The molecule has 1 amide bonds. The predicted octanol–water partition coefficient (Wildman–Crippen LogP) is 7.45. The van der Waals surface area contributed by atoms with E-state index in [1.807, 2.05) is 12.1 Å². The molecule has 2 unspecified atom stereocenters. The van der Waals surface area contributed by atoms with Gasteiger partial charge in [0.25, 0.3) is 5.91 Å². The van der Waals surface area contributed by atoms with Gasteiger partial charge in [0.15, 0.2) is 0 Å². The minimum absolute atomic E-state index is 0.0306. The topological polar surface area (TPSA) is 106 Å². The van der Waals surface area contributed by atoms with Crippen molar-refractivity contribution < 1.29 is 19.4 Å². The molecule has 0 saturated heterocycles. The van der Waals surface area contributed by atoms with E-state index in [1.165, 1.54) is 23.3 Å². The molecule has 43 heavy (non-hydrogen) atoms. The maximum absolute atomic E-state index is 13.2. The summed E-state index contributed by atoms with van der Waals surface area (Å²) >= 11 is 18.7. The highest BCUT2D eigenvalue weighted by Crippen LogP contribution is 2.33. The van der Waals surface area contributed by atoms with Crippen molar-refractivity contribution in [3.63, 3.8) is 0 Å². The van der Waals surface area contributed by atoms with Crippen molar-refractivity contribution >= 4 is 57.7 Å². The van der Waals surface area contributed by atoms with E-state index >= 15 is 0 Å². The van der Waals surface area contributed by atoms with E-state index < -0.39 is 12.1 Å². The molecular weight excluding hydrogens is 611 g/mol. The van der Waals surface area contributed by atoms with Crippen LogP contribution in [0.5, 0.6) is 5.75 Å². The third-order valence-corrected chi connectivity index (χ3v) is 8.44. The van der Waals surface area contributed by atoms with Crippen molar-refractivity contribution in [2.24, 2.45) is 0 Å². The average molecular weight is 636 g/mol. The van der Waals surface area contributed by atoms with Crippen LogP contribution in [-0.2, 0) is 17.8 Å². The number of aryl methyl sites for hydroxylation is 1. The third kappa shape index (κ3) is 6.18. The molecule has 2 atom stereocenters. The number of aliphatic carboxylic acids is 1. The number of fused-ring (bicyclic) bond motifs is 2. The van der Waals surface area contributed by atoms with Crippen LogP contribution in [0.25, 0.3) is 11.0 Å². The Bertz CT molecular complexity index is 1860. The fraction of sp³-hybridized carbons (Fsp3) is 0.188. The number of carboxylic acid groups (broad SMARTS) is 1. The van der Waals surface area contributed by atoms with Gasteiger partial charge < -0.3 is 15.2 Å². The van der Waals surface area contributed by atoms with E-state index in [4.69, 9.17) is 39.5 Å². The van der Waals surface area contributed by atoms with Crippen LogP contribution in [0.3, 0.4) is 0 Å². The van der Waals surface area contributed by atoms with Crippen molar-refractivity contribution in [3.8, 4) is 5.75 Å². The largest absolute Gasteiger partial charge is 0.478 e. The van der Waals surface area contributed by atoms with Crippen LogP contribution in [0.15, 0.2) is 78.9 Å². The maximum atomic E-state index is 13.2. The first-order chi connectivity index (χ1) is 20.8. The van der Waals surface area contributed by atoms with Gasteiger partial charge in [-0.15, -0.1) is 5.10 Å². The number of nitrogens with one attached hydrogen (secondary N) is 1. The van der Waals surface area contributed by atoms with Gasteiger partial charge in [-0.3, -0.25) is 4.79 Å². The van der Waals surface area contributed by atoms with Gasteiger partial charge in [-0.25, -0.2) is 9.48 Å². The molecule has 8 nitrogen and oxygen atoms in total. The zero-order valence-electron chi connectivity index (χ0n) is 22.6. The number of halogens is 3. The molecule has 0 saturated carbocycles. The van der Waals surface area contributed by atoms with E-state index in [0.29, 0.717) is 32.2 Å². The average Bonchev–Trinajstić information content (AvgIpc) is 3.39. The SMILES string of the molecule is O=C(NC1CCCc2ccccc21)c1ccc2c(c1)nnn2Cc1cc(OC(C(=O)O)c2ccc(Cl)cc2Cl)ccc1Cl. The molecule has 0 fully saturated rings. The summed E-state index contributed by atoms with van der Waals surface area (Å²) < 4.78 is 7.49. The van der Waals surface area contributed by atoms with Gasteiger partial charge in [0.2, 0.25) is 6.10 Å². The molecule has 1 aliphatic rings. The molecule has 1 heterocycles. The van der Waals surface area contributed by atoms with Gasteiger partial charge in [0.1, 0.15) is 11.3 Å². The molecule has 218 valence electrons. The summed E-state index contributed by atoms with van der Waals surface area (Å²) in [7, 11) is 0. The number of aromatic nitrogens is 3. The van der Waals surface area contributed by atoms with Crippen LogP contribution in [0.4, 0.5) is 0 Å². The van der Waals surface area contributed by atoms with E-state index in [-0.39, 0.29) is 34.8 Å². The van der Waals surface area contributed by atoms with E-state index in [9.17, 15) is 14.7 Å². The number of hydrogen-bond acceptors (Lipinski definition) is 5. The molecule has 4 aromatic carbocycles. The fourth-order valence-electron chi connectivity index (χ4n) is 5.38. The highest BCUT2D eigenvalue weighted by molar-refractivity contribution is 6.35. The minimum atomic E-state index is -1.36. The summed E-state index contributed by atoms with van der Waals surface area (Å²) in [5, 5.41) is 22.6. The molecule has 0 bridgehead atoms. The lowest BCUT2D eigenvalue weighted by Crippen LogP contribution is -2.30. The lowest BCUT2D eigenvalue weighted by molar-refractivity contribution is -0.145. The number of hydrogen-bond donors (Lipinski definition) is 2. The molecule has 0 radical (unpaired) electrons. The molecule has 6 rings (SSSR count). The second kappa shape index (κ2) is 12.2. The Kier molecular flexibility index (Phi) is 8.25. The number of carbonyl (C=O) groups is 2. The van der Waals surface area contributed by atoms with Gasteiger partial charge >= 0.3 is 5.97 Å². The Labute approximate surface area is 262 Å². The first kappa shape index (κ1) is 29.0. The Morgan fingerprint density at radius 3 is 2.65 bits per heavy atom. The van der Waals surface area contributed by atoms with Gasteiger partial charge in [-0.2, -0.15) is 0 Å². The van der Waals surface area contributed by atoms with Crippen molar-refractivity contribution in [1.82, 2.24) is 20.3 Å². The minimum Gasteiger partial charge on any atom is -0.478 e. The summed E-state index contributed by atoms with van der Waals surface area (Å²) in [4.78, 5) is 25.2. The standard InChI is InChI=1S/C32H25Cl3N4O4/c33-21-9-11-24(26(35)16-21)30(32(41)42)43-22-10-12-25(34)20(14-22)17-39-29-13-8-19(15-28(29)37-38-39)31(40)36-27-7-3-5-18-4-1-2-6-23(18)27/h1-2,4,6,8-16,27,30H,3,5,7,17H2,(H,36,40)(H,41,42). The van der Waals surface area contributed by atoms with Crippen LogP contribution >= 0.6 is 34.8 Å². The zero-order valence-corrected chi connectivity index (χ0v) is 24.9. The molecular formula is C32H25Cl3N4O4. The molecule has 1 aliphatic carbocycles. The number of benzene rings is 4. The smallest absolute Gasteiger partial charge is 0.349 e. The van der Waals surface area contributed by atoms with Crippen LogP contribution in [-0.4, -0.2) is 32.0 Å². The third-order valence-electron chi connectivity index (χ3n) is 7.51. The van der Waals surface area contributed by atoms with Crippen LogP contribution < -0.4 is 10.1 Å². The van der Waals surface area contributed by atoms with Crippen LogP contribution in [0.1, 0.15) is 57.6 Å². The second-order valence-electron chi connectivity index (χ2n) is 10.3. The number of carbonyl (C=O) groups excluding carboxylic acids is 1. The van der Waals surface area contributed by atoms with E-state index in [2.05, 4.69) is 27.8 Å². The van der Waals surface area contributed by atoms with Crippen LogP contribution in [0, 0.1) is 0 Å². The highest BCUT2D eigenvalue weighted by Gasteiger charge is 2.26. The number of nitrogens with zero attached hydrogens (tertiary/aromatic N) is 3. The van der Waals surface area contributed by atoms with Crippen LogP contribution in [0.2, 0.25) is 15.1 Å². The Hall–Kier alpha value is -4.11. The molecule has 11 heteroatoms. The van der Waals surface area contributed by atoms with Crippen molar-refractivity contribution in [3.05, 3.63) is 122 Å². The van der Waals surface area contributed by atoms with Crippen molar-refractivity contribution in [2.45, 2.75) is 38.0 Å². The van der Waals surface area contributed by atoms with Gasteiger partial charge in [-0.1, -0.05) is 70.3 Å². The lowest BCUT2D eigenvalue weighted by atomic mass is 9.87. The van der Waals surface area contributed by atoms with Gasteiger partial charge in [0, 0.05) is 26.2 Å². The Balaban J connectivity index is 1.20. The normalized spacial score (nSPS) is 15.1.